The molecule has 8 nitrogen and oxygen atoms in total. The highest BCUT2D eigenvalue weighted by molar-refractivity contribution is 5.91. The maximum absolute atomic E-state index is 12.5. The summed E-state index contributed by atoms with van der Waals surface area (Å²) in [5, 5.41) is 11.7. The first-order valence-corrected chi connectivity index (χ1v) is 7.53. The van der Waals surface area contributed by atoms with Crippen LogP contribution in [-0.4, -0.2) is 48.1 Å². The van der Waals surface area contributed by atoms with Crippen molar-refractivity contribution in [3.05, 3.63) is 29.8 Å². The number of hydroxylamine groups is 1. The van der Waals surface area contributed by atoms with Gasteiger partial charge >= 0.3 is 24.0 Å². The van der Waals surface area contributed by atoms with E-state index in [2.05, 4.69) is 4.74 Å². The van der Waals surface area contributed by atoms with Crippen molar-refractivity contribution < 1.29 is 42.2 Å². The van der Waals surface area contributed by atoms with E-state index in [9.17, 15) is 32.8 Å². The van der Waals surface area contributed by atoms with Crippen LogP contribution in [0.3, 0.4) is 0 Å². The molecule has 0 aromatic heterocycles. The molecule has 27 heavy (non-hydrogen) atoms. The van der Waals surface area contributed by atoms with Gasteiger partial charge in [-0.2, -0.15) is 13.2 Å². The maximum Gasteiger partial charge on any atom is 0.471 e. The van der Waals surface area contributed by atoms with Crippen molar-refractivity contribution in [1.29, 1.82) is 0 Å². The van der Waals surface area contributed by atoms with E-state index < -0.39 is 35.8 Å². The molecular weight excluding hydrogens is 373 g/mol. The van der Waals surface area contributed by atoms with Crippen molar-refractivity contribution in [2.24, 2.45) is 0 Å². The minimum atomic E-state index is -5.28. The van der Waals surface area contributed by atoms with Crippen molar-refractivity contribution in [3.8, 4) is 0 Å². The van der Waals surface area contributed by atoms with Gasteiger partial charge in [0.1, 0.15) is 5.60 Å². The summed E-state index contributed by atoms with van der Waals surface area (Å²) >= 11 is 0. The molecule has 1 unspecified atom stereocenters. The third-order valence-electron chi connectivity index (χ3n) is 2.95. The highest BCUT2D eigenvalue weighted by Crippen LogP contribution is 2.20. The lowest BCUT2D eigenvalue weighted by Crippen LogP contribution is -2.56. The summed E-state index contributed by atoms with van der Waals surface area (Å²) in [6.07, 6.45) is -7.46. The molecule has 0 saturated heterocycles. The van der Waals surface area contributed by atoms with Gasteiger partial charge in [-0.05, 0) is 45.0 Å². The summed E-state index contributed by atoms with van der Waals surface area (Å²) < 4.78 is 47.1. The fraction of sp³-hybridized carbons (Fsp3) is 0.438. The molecule has 0 aliphatic rings. The molecule has 0 spiro atoms. The summed E-state index contributed by atoms with van der Waals surface area (Å²) in [7, 11) is 1.15. The monoisotopic (exact) mass is 392 g/mol. The van der Waals surface area contributed by atoms with Gasteiger partial charge in [0.15, 0.2) is 0 Å². The van der Waals surface area contributed by atoms with Gasteiger partial charge < -0.3 is 14.8 Å². The molecule has 0 aliphatic heterocycles. The standard InChI is InChI=1S/C16H19F3N2O6/c1-15(2,3)27-13(23)11(20-14(24)16(17,18)19)21(25)10-7-5-9(6-8-10)12(22)26-4/h5-8,11,25H,1-4H3,(H,20,24). The number of benzene rings is 1. The third-order valence-corrected chi connectivity index (χ3v) is 2.95. The predicted molar refractivity (Wildman–Crippen MR) is 85.9 cm³/mol. The van der Waals surface area contributed by atoms with Crippen molar-refractivity contribution >= 4 is 23.5 Å². The second kappa shape index (κ2) is 8.25. The number of anilines is 1. The summed E-state index contributed by atoms with van der Waals surface area (Å²) in [5.41, 5.74) is -1.17. The van der Waals surface area contributed by atoms with E-state index in [1.54, 1.807) is 0 Å². The first-order chi connectivity index (χ1) is 12.3. The Morgan fingerprint density at radius 2 is 1.63 bits per heavy atom. The lowest BCUT2D eigenvalue weighted by atomic mass is 10.2. The predicted octanol–water partition coefficient (Wildman–Crippen LogP) is 2.02. The number of carbonyl (C=O) groups excluding carboxylic acids is 3. The van der Waals surface area contributed by atoms with Crippen LogP contribution in [0.5, 0.6) is 0 Å². The number of amides is 1. The Kier molecular flexibility index (Phi) is 6.79. The fourth-order valence-corrected chi connectivity index (χ4v) is 1.80. The van der Waals surface area contributed by atoms with Gasteiger partial charge in [-0.1, -0.05) is 0 Å². The summed E-state index contributed by atoms with van der Waals surface area (Å²) in [4.78, 5) is 34.8. The van der Waals surface area contributed by atoms with E-state index >= 15 is 0 Å². The summed E-state index contributed by atoms with van der Waals surface area (Å²) in [6, 6.07) is 4.71. The molecule has 0 aliphatic carbocycles. The van der Waals surface area contributed by atoms with Gasteiger partial charge in [-0.25, -0.2) is 14.7 Å². The summed E-state index contributed by atoms with van der Waals surface area (Å²) in [5.74, 6) is -4.44. The smallest absolute Gasteiger partial charge is 0.465 e. The first kappa shape index (κ1) is 22.2. The van der Waals surface area contributed by atoms with Crippen LogP contribution in [0, 0.1) is 0 Å². The third kappa shape index (κ3) is 6.44. The quantitative estimate of drug-likeness (QED) is 0.449. The molecule has 1 atom stereocenters. The minimum absolute atomic E-state index is 0.0960. The van der Waals surface area contributed by atoms with E-state index in [4.69, 9.17) is 4.74 Å². The van der Waals surface area contributed by atoms with E-state index in [1.807, 2.05) is 0 Å². The SMILES string of the molecule is COC(=O)c1ccc(N(O)C(NC(=O)C(F)(F)F)C(=O)OC(C)(C)C)cc1. The molecule has 150 valence electrons. The normalized spacial score (nSPS) is 12.7. The van der Waals surface area contributed by atoms with Crippen LogP contribution in [0.25, 0.3) is 0 Å². The molecule has 0 fully saturated rings. The molecular formula is C16H19F3N2O6. The van der Waals surface area contributed by atoms with Gasteiger partial charge in [0.2, 0.25) is 6.17 Å². The Hall–Kier alpha value is -2.82. The number of hydrogen-bond donors (Lipinski definition) is 2. The first-order valence-electron chi connectivity index (χ1n) is 7.53. The van der Waals surface area contributed by atoms with Crippen LogP contribution in [0.4, 0.5) is 18.9 Å². The minimum Gasteiger partial charge on any atom is -0.465 e. The zero-order valence-electron chi connectivity index (χ0n) is 15.0. The van der Waals surface area contributed by atoms with Gasteiger partial charge in [-0.3, -0.25) is 10.0 Å². The maximum atomic E-state index is 12.5. The van der Waals surface area contributed by atoms with E-state index in [1.165, 1.54) is 38.2 Å². The van der Waals surface area contributed by atoms with Crippen LogP contribution in [0.1, 0.15) is 31.1 Å². The molecule has 0 heterocycles. The van der Waals surface area contributed by atoms with Crippen molar-refractivity contribution in [2.45, 2.75) is 38.7 Å². The van der Waals surface area contributed by atoms with Gasteiger partial charge in [0, 0.05) is 0 Å². The lowest BCUT2D eigenvalue weighted by Gasteiger charge is -2.30. The Morgan fingerprint density at radius 3 is 2.04 bits per heavy atom. The molecule has 1 amide bonds. The zero-order valence-corrected chi connectivity index (χ0v) is 15.0. The van der Waals surface area contributed by atoms with E-state index in [-0.39, 0.29) is 16.3 Å². The Balaban J connectivity index is 3.14. The molecule has 1 aromatic rings. The van der Waals surface area contributed by atoms with Gasteiger partial charge in [0.25, 0.3) is 0 Å². The number of methoxy groups -OCH3 is 1. The Bertz CT molecular complexity index is 698. The molecule has 1 rings (SSSR count). The average molecular weight is 392 g/mol. The molecule has 11 heteroatoms. The highest BCUT2D eigenvalue weighted by atomic mass is 19.4. The summed E-state index contributed by atoms with van der Waals surface area (Å²) in [6.45, 7) is 4.38. The number of rotatable bonds is 5. The van der Waals surface area contributed by atoms with Crippen LogP contribution >= 0.6 is 0 Å². The van der Waals surface area contributed by atoms with Crippen LogP contribution in [0.15, 0.2) is 24.3 Å². The molecule has 0 radical (unpaired) electrons. The number of halogens is 3. The second-order valence-corrected chi connectivity index (χ2v) is 6.29. The number of hydrogen-bond acceptors (Lipinski definition) is 7. The topological polar surface area (TPSA) is 105 Å². The van der Waals surface area contributed by atoms with E-state index in [0.717, 1.165) is 19.2 Å². The molecule has 0 saturated carbocycles. The Morgan fingerprint density at radius 1 is 1.11 bits per heavy atom. The number of nitrogens with one attached hydrogen (secondary N) is 1. The second-order valence-electron chi connectivity index (χ2n) is 6.29. The Labute approximate surface area is 152 Å². The number of esters is 2. The average Bonchev–Trinajstić information content (AvgIpc) is 2.55. The number of nitrogens with zero attached hydrogens (tertiary/aromatic N) is 1. The van der Waals surface area contributed by atoms with Crippen LogP contribution < -0.4 is 10.4 Å². The highest BCUT2D eigenvalue weighted by Gasteiger charge is 2.43. The van der Waals surface area contributed by atoms with Gasteiger partial charge in [-0.15, -0.1) is 0 Å². The largest absolute Gasteiger partial charge is 0.471 e. The van der Waals surface area contributed by atoms with Crippen LogP contribution in [0.2, 0.25) is 0 Å². The molecule has 1 aromatic carbocycles. The van der Waals surface area contributed by atoms with E-state index in [0.29, 0.717) is 0 Å². The number of ether oxygens (including phenoxy) is 2. The number of alkyl halides is 3. The van der Waals surface area contributed by atoms with Crippen molar-refractivity contribution in [3.63, 3.8) is 0 Å². The zero-order chi connectivity index (χ0) is 21.0. The van der Waals surface area contributed by atoms with Gasteiger partial charge in [0.05, 0.1) is 18.4 Å². The van der Waals surface area contributed by atoms with Crippen molar-refractivity contribution in [1.82, 2.24) is 5.32 Å². The molecule has 0 bridgehead atoms. The fourth-order valence-electron chi connectivity index (χ4n) is 1.80. The lowest BCUT2D eigenvalue weighted by molar-refractivity contribution is -0.178. The molecule has 2 N–H and O–H groups in total. The van der Waals surface area contributed by atoms with Crippen LogP contribution in [-0.2, 0) is 19.1 Å². The number of carbonyl (C=O) groups is 3. The van der Waals surface area contributed by atoms with Crippen molar-refractivity contribution in [2.75, 3.05) is 12.2 Å².